The third-order valence-electron chi connectivity index (χ3n) is 2.99. The Morgan fingerprint density at radius 1 is 1.25 bits per heavy atom. The van der Waals surface area contributed by atoms with E-state index in [9.17, 15) is 19.5 Å². The monoisotopic (exact) mass is 337 g/mol. The normalized spacial score (nSPS) is 10.2. The summed E-state index contributed by atoms with van der Waals surface area (Å²) in [5.74, 6) is -1.05. The second kappa shape index (κ2) is 9.39. The first kappa shape index (κ1) is 19.3. The number of methoxy groups -OCH3 is 1. The highest BCUT2D eigenvalue weighted by atomic mass is 16.5. The summed E-state index contributed by atoms with van der Waals surface area (Å²) in [7, 11) is 1.30. The number of carbonyl (C=O) groups is 3. The average molecular weight is 337 g/mol. The first-order valence-electron chi connectivity index (χ1n) is 7.59. The van der Waals surface area contributed by atoms with Crippen molar-refractivity contribution in [2.45, 2.75) is 32.7 Å². The van der Waals surface area contributed by atoms with Crippen LogP contribution < -0.4 is 16.0 Å². The van der Waals surface area contributed by atoms with Gasteiger partial charge < -0.3 is 25.8 Å². The summed E-state index contributed by atoms with van der Waals surface area (Å²) < 4.78 is 4.50. The highest BCUT2D eigenvalue weighted by Crippen LogP contribution is 2.21. The largest absolute Gasteiger partial charge is 0.507 e. The molecule has 0 saturated carbocycles. The number of nitrogens with one attached hydrogen (secondary N) is 3. The van der Waals surface area contributed by atoms with Crippen molar-refractivity contribution < 1.29 is 24.2 Å². The van der Waals surface area contributed by atoms with Gasteiger partial charge in [-0.3, -0.25) is 9.59 Å². The Labute approximate surface area is 140 Å². The first-order valence-corrected chi connectivity index (χ1v) is 7.59. The maximum atomic E-state index is 12.1. The molecule has 0 bridgehead atoms. The van der Waals surface area contributed by atoms with E-state index in [4.69, 9.17) is 0 Å². The maximum absolute atomic E-state index is 12.1. The molecule has 1 aromatic rings. The van der Waals surface area contributed by atoms with Crippen LogP contribution in [0.15, 0.2) is 18.2 Å². The number of carbonyl (C=O) groups excluding carboxylic acids is 3. The van der Waals surface area contributed by atoms with Crippen molar-refractivity contribution in [3.05, 3.63) is 23.8 Å². The molecular formula is C16H23N3O5. The number of aromatic hydroxyl groups is 1. The van der Waals surface area contributed by atoms with Gasteiger partial charge in [-0.05, 0) is 38.5 Å². The van der Waals surface area contributed by atoms with Crippen LogP contribution in [-0.4, -0.2) is 42.7 Å². The van der Waals surface area contributed by atoms with E-state index >= 15 is 0 Å². The van der Waals surface area contributed by atoms with Crippen LogP contribution in [0.4, 0.5) is 10.5 Å². The number of hydrogen-bond acceptors (Lipinski definition) is 5. The van der Waals surface area contributed by atoms with Gasteiger partial charge in [0.2, 0.25) is 0 Å². The summed E-state index contributed by atoms with van der Waals surface area (Å²) in [5.41, 5.74) is 0.418. The Hall–Kier alpha value is -2.77. The molecule has 8 heteroatoms. The zero-order valence-electron chi connectivity index (χ0n) is 14.0. The molecule has 0 unspecified atom stereocenters. The van der Waals surface area contributed by atoms with Gasteiger partial charge in [-0.25, -0.2) is 4.79 Å². The second-order valence-electron chi connectivity index (χ2n) is 5.42. The van der Waals surface area contributed by atoms with E-state index in [0.29, 0.717) is 12.1 Å². The molecule has 8 nitrogen and oxygen atoms in total. The van der Waals surface area contributed by atoms with Crippen molar-refractivity contribution in [3.63, 3.8) is 0 Å². The van der Waals surface area contributed by atoms with Crippen LogP contribution in [0.2, 0.25) is 0 Å². The van der Waals surface area contributed by atoms with Gasteiger partial charge >= 0.3 is 12.0 Å². The molecule has 0 saturated heterocycles. The van der Waals surface area contributed by atoms with Gasteiger partial charge in [-0.2, -0.15) is 0 Å². The van der Waals surface area contributed by atoms with E-state index < -0.39 is 11.9 Å². The number of phenolic OH excluding ortho intramolecular Hbond substituents is 1. The molecule has 0 atom stereocenters. The highest BCUT2D eigenvalue weighted by molar-refractivity contribution is 5.99. The topological polar surface area (TPSA) is 117 Å². The fourth-order valence-electron chi connectivity index (χ4n) is 1.86. The average Bonchev–Trinajstić information content (AvgIpc) is 2.52. The van der Waals surface area contributed by atoms with Crippen LogP contribution >= 0.6 is 0 Å². The number of ether oxygens (including phenoxy) is 1. The zero-order chi connectivity index (χ0) is 18.1. The van der Waals surface area contributed by atoms with E-state index in [1.54, 1.807) is 0 Å². The Balaban J connectivity index is 2.63. The van der Waals surface area contributed by atoms with Crippen molar-refractivity contribution in [3.8, 4) is 5.75 Å². The lowest BCUT2D eigenvalue weighted by atomic mass is 10.1. The van der Waals surface area contributed by atoms with Crippen LogP contribution in [0.5, 0.6) is 5.75 Å². The van der Waals surface area contributed by atoms with Crippen LogP contribution in [0.1, 0.15) is 37.0 Å². The number of esters is 1. The van der Waals surface area contributed by atoms with Crippen molar-refractivity contribution >= 4 is 23.6 Å². The van der Waals surface area contributed by atoms with Gasteiger partial charge in [0.05, 0.1) is 12.7 Å². The predicted molar refractivity (Wildman–Crippen MR) is 89.0 cm³/mol. The molecule has 0 aromatic heterocycles. The third-order valence-corrected chi connectivity index (χ3v) is 2.99. The van der Waals surface area contributed by atoms with Crippen molar-refractivity contribution in [2.75, 3.05) is 19.0 Å². The molecule has 0 aliphatic carbocycles. The molecule has 0 aliphatic heterocycles. The summed E-state index contributed by atoms with van der Waals surface area (Å²) in [6.45, 7) is 3.91. The molecule has 132 valence electrons. The van der Waals surface area contributed by atoms with Crippen molar-refractivity contribution in [2.24, 2.45) is 0 Å². The van der Waals surface area contributed by atoms with Crippen LogP contribution in [0.3, 0.4) is 0 Å². The highest BCUT2D eigenvalue weighted by Gasteiger charge is 2.13. The molecule has 0 aliphatic rings. The van der Waals surface area contributed by atoms with E-state index in [2.05, 4.69) is 20.7 Å². The number of anilines is 1. The Bertz CT molecular complexity index is 601. The minimum absolute atomic E-state index is 0.0281. The zero-order valence-corrected chi connectivity index (χ0v) is 14.0. The van der Waals surface area contributed by atoms with E-state index in [0.717, 1.165) is 0 Å². The maximum Gasteiger partial charge on any atom is 0.319 e. The number of phenols is 1. The predicted octanol–water partition coefficient (Wildman–Crippen LogP) is 1.61. The van der Waals surface area contributed by atoms with E-state index in [-0.39, 0.29) is 36.3 Å². The standard InChI is InChI=1S/C16H23N3O5/c1-10(2)18-16(23)19-11-6-7-13(20)12(9-11)15(22)17-8-4-5-14(21)24-3/h6-7,9-10,20H,4-5,8H2,1-3H3,(H,17,22)(H2,18,19,23). The molecule has 4 N–H and O–H groups in total. The lowest BCUT2D eigenvalue weighted by molar-refractivity contribution is -0.140. The van der Waals surface area contributed by atoms with Gasteiger partial charge in [-0.15, -0.1) is 0 Å². The molecular weight excluding hydrogens is 314 g/mol. The molecule has 24 heavy (non-hydrogen) atoms. The molecule has 1 aromatic carbocycles. The minimum atomic E-state index is -0.495. The molecule has 0 radical (unpaired) electrons. The van der Waals surface area contributed by atoms with Crippen molar-refractivity contribution in [1.82, 2.24) is 10.6 Å². The smallest absolute Gasteiger partial charge is 0.319 e. The summed E-state index contributed by atoms with van der Waals surface area (Å²) in [5, 5.41) is 17.6. The van der Waals surface area contributed by atoms with Gasteiger partial charge in [0.15, 0.2) is 0 Å². The minimum Gasteiger partial charge on any atom is -0.507 e. The quantitative estimate of drug-likeness (QED) is 0.342. The lowest BCUT2D eigenvalue weighted by Gasteiger charge is -2.12. The summed E-state index contributed by atoms with van der Waals surface area (Å²) in [4.78, 5) is 34.7. The van der Waals surface area contributed by atoms with E-state index in [1.807, 2.05) is 13.8 Å². The number of urea groups is 1. The number of amides is 3. The molecule has 0 spiro atoms. The molecule has 3 amide bonds. The fraction of sp³-hybridized carbons (Fsp3) is 0.438. The second-order valence-corrected chi connectivity index (χ2v) is 5.42. The van der Waals surface area contributed by atoms with Gasteiger partial charge in [0, 0.05) is 24.7 Å². The fourth-order valence-corrected chi connectivity index (χ4v) is 1.86. The SMILES string of the molecule is COC(=O)CCCNC(=O)c1cc(NC(=O)NC(C)C)ccc1O. The molecule has 1 rings (SSSR count). The van der Waals surface area contributed by atoms with Gasteiger partial charge in [0.25, 0.3) is 5.91 Å². The third kappa shape index (κ3) is 6.55. The number of rotatable bonds is 7. The van der Waals surface area contributed by atoms with Gasteiger partial charge in [0.1, 0.15) is 5.75 Å². The number of hydrogen-bond donors (Lipinski definition) is 4. The Morgan fingerprint density at radius 2 is 1.96 bits per heavy atom. The Morgan fingerprint density at radius 3 is 2.58 bits per heavy atom. The molecule has 0 heterocycles. The molecule has 0 fully saturated rings. The van der Waals surface area contributed by atoms with E-state index in [1.165, 1.54) is 25.3 Å². The lowest BCUT2D eigenvalue weighted by Crippen LogP contribution is -2.34. The van der Waals surface area contributed by atoms with Gasteiger partial charge in [-0.1, -0.05) is 0 Å². The summed E-state index contributed by atoms with van der Waals surface area (Å²) in [6, 6.07) is 3.77. The van der Waals surface area contributed by atoms with Crippen molar-refractivity contribution in [1.29, 1.82) is 0 Å². The summed E-state index contributed by atoms with van der Waals surface area (Å²) >= 11 is 0. The number of benzene rings is 1. The first-order chi connectivity index (χ1) is 11.3. The van der Waals surface area contributed by atoms with Crippen LogP contribution in [0, 0.1) is 0 Å². The Kier molecular flexibility index (Phi) is 7.54. The van der Waals surface area contributed by atoms with Crippen LogP contribution in [-0.2, 0) is 9.53 Å². The van der Waals surface area contributed by atoms with Crippen LogP contribution in [0.25, 0.3) is 0 Å². The summed E-state index contributed by atoms with van der Waals surface area (Å²) in [6.07, 6.45) is 0.619.